The van der Waals surface area contributed by atoms with Crippen LogP contribution in [-0.2, 0) is 4.79 Å². The number of H-pyrrole nitrogens is 1. The number of amides is 1. The van der Waals surface area contributed by atoms with E-state index in [-0.39, 0.29) is 17.8 Å². The molecule has 3 aromatic rings. The second-order valence-corrected chi connectivity index (χ2v) is 6.19. The van der Waals surface area contributed by atoms with Crippen molar-refractivity contribution in [3.05, 3.63) is 82.0 Å². The molecule has 3 rings (SSSR count). The number of hydrogen-bond donors (Lipinski definition) is 3. The number of carboxylic acids is 1. The van der Waals surface area contributed by atoms with E-state index in [2.05, 4.69) is 10.4 Å². The lowest BCUT2D eigenvalue weighted by molar-refractivity contribution is -0.137. The van der Waals surface area contributed by atoms with E-state index in [0.717, 1.165) is 10.7 Å². The third-order valence-electron chi connectivity index (χ3n) is 4.26. The Bertz CT molecular complexity index is 1090. The average molecular weight is 399 g/mol. The van der Waals surface area contributed by atoms with Crippen LogP contribution in [0.1, 0.15) is 28.5 Å². The monoisotopic (exact) mass is 399 g/mol. The van der Waals surface area contributed by atoms with Crippen molar-refractivity contribution in [1.29, 1.82) is 0 Å². The summed E-state index contributed by atoms with van der Waals surface area (Å²) >= 11 is 0. The molecule has 2 aromatic carbocycles. The first-order valence-corrected chi connectivity index (χ1v) is 8.62. The van der Waals surface area contributed by atoms with E-state index in [4.69, 9.17) is 4.74 Å². The predicted octanol–water partition coefficient (Wildman–Crippen LogP) is 2.26. The van der Waals surface area contributed by atoms with Crippen molar-refractivity contribution >= 4 is 11.9 Å². The van der Waals surface area contributed by atoms with Crippen LogP contribution in [0.15, 0.2) is 59.4 Å². The second-order valence-electron chi connectivity index (χ2n) is 6.19. The van der Waals surface area contributed by atoms with Crippen molar-refractivity contribution in [2.75, 3.05) is 7.11 Å². The smallest absolute Gasteiger partial charge is 0.305 e. The van der Waals surface area contributed by atoms with Gasteiger partial charge in [-0.1, -0.05) is 24.3 Å². The second kappa shape index (κ2) is 8.42. The van der Waals surface area contributed by atoms with Crippen molar-refractivity contribution in [3.8, 4) is 11.4 Å². The summed E-state index contributed by atoms with van der Waals surface area (Å²) in [4.78, 5) is 36.0. The van der Waals surface area contributed by atoms with Crippen molar-refractivity contribution in [1.82, 2.24) is 15.1 Å². The largest absolute Gasteiger partial charge is 0.497 e. The van der Waals surface area contributed by atoms with Gasteiger partial charge in [-0.25, -0.2) is 9.07 Å². The van der Waals surface area contributed by atoms with Gasteiger partial charge in [-0.2, -0.15) is 0 Å². The van der Waals surface area contributed by atoms with Gasteiger partial charge in [0.2, 0.25) is 0 Å². The molecular formula is C20H18FN3O5. The number of aliphatic carboxylic acids is 1. The van der Waals surface area contributed by atoms with Gasteiger partial charge in [-0.3, -0.25) is 19.5 Å². The molecule has 1 amide bonds. The molecule has 9 heteroatoms. The Kier molecular flexibility index (Phi) is 5.77. The number of benzene rings is 2. The summed E-state index contributed by atoms with van der Waals surface area (Å²) in [6, 6.07) is 12.4. The highest BCUT2D eigenvalue weighted by Crippen LogP contribution is 2.21. The third kappa shape index (κ3) is 4.52. The fourth-order valence-corrected chi connectivity index (χ4v) is 2.82. The van der Waals surface area contributed by atoms with Gasteiger partial charge in [-0.05, 0) is 29.8 Å². The highest BCUT2D eigenvalue weighted by Gasteiger charge is 2.21. The Morgan fingerprint density at radius 2 is 1.90 bits per heavy atom. The fraction of sp³-hybridized carbons (Fsp3) is 0.150. The topological polar surface area (TPSA) is 113 Å². The molecule has 0 radical (unpaired) electrons. The van der Waals surface area contributed by atoms with Gasteiger partial charge in [0.25, 0.3) is 11.5 Å². The molecule has 1 atom stereocenters. The number of rotatable bonds is 7. The molecule has 1 heterocycles. The SMILES string of the molecule is COc1ccc([C@H](CC(=O)O)NC(=O)c2cc(=O)n(-c3ccccc3F)[nH]2)cc1. The number of nitrogens with zero attached hydrogens (tertiary/aromatic N) is 1. The van der Waals surface area contributed by atoms with Gasteiger partial charge in [0, 0.05) is 6.07 Å². The predicted molar refractivity (Wildman–Crippen MR) is 102 cm³/mol. The first kappa shape index (κ1) is 19.9. The number of carbonyl (C=O) groups excluding carboxylic acids is 1. The van der Waals surface area contributed by atoms with Crippen molar-refractivity contribution in [2.24, 2.45) is 0 Å². The minimum Gasteiger partial charge on any atom is -0.497 e. The van der Waals surface area contributed by atoms with Crippen LogP contribution in [0.25, 0.3) is 5.69 Å². The summed E-state index contributed by atoms with van der Waals surface area (Å²) in [5.41, 5.74) is -0.229. The Labute approximate surface area is 164 Å². The number of ether oxygens (including phenoxy) is 1. The van der Waals surface area contributed by atoms with Crippen LogP contribution in [-0.4, -0.2) is 33.9 Å². The molecule has 0 unspecified atom stereocenters. The highest BCUT2D eigenvalue weighted by atomic mass is 19.1. The van der Waals surface area contributed by atoms with Crippen molar-refractivity contribution in [3.63, 3.8) is 0 Å². The number of halogens is 1. The normalized spacial score (nSPS) is 11.7. The minimum absolute atomic E-state index is 0.0335. The number of carbonyl (C=O) groups is 2. The van der Waals surface area contributed by atoms with E-state index in [9.17, 15) is 23.9 Å². The van der Waals surface area contributed by atoms with Crippen LogP contribution < -0.4 is 15.6 Å². The summed E-state index contributed by atoms with van der Waals surface area (Å²) in [6.45, 7) is 0. The zero-order valence-corrected chi connectivity index (χ0v) is 15.4. The van der Waals surface area contributed by atoms with Crippen LogP contribution in [0.5, 0.6) is 5.75 Å². The zero-order chi connectivity index (χ0) is 21.0. The summed E-state index contributed by atoms with van der Waals surface area (Å²) in [5.74, 6) is -1.85. The van der Waals surface area contributed by atoms with Crippen molar-refractivity contribution in [2.45, 2.75) is 12.5 Å². The van der Waals surface area contributed by atoms with Gasteiger partial charge >= 0.3 is 5.97 Å². The van der Waals surface area contributed by atoms with Crippen LogP contribution in [0.3, 0.4) is 0 Å². The van der Waals surface area contributed by atoms with Gasteiger partial charge < -0.3 is 15.2 Å². The summed E-state index contributed by atoms with van der Waals surface area (Å²) in [7, 11) is 1.50. The molecule has 1 aromatic heterocycles. The molecule has 3 N–H and O–H groups in total. The number of carboxylic acid groups (broad SMARTS) is 1. The molecule has 0 saturated carbocycles. The Balaban J connectivity index is 1.86. The quantitative estimate of drug-likeness (QED) is 0.564. The number of para-hydroxylation sites is 1. The van der Waals surface area contributed by atoms with E-state index < -0.39 is 29.3 Å². The first-order valence-electron chi connectivity index (χ1n) is 8.62. The molecule has 29 heavy (non-hydrogen) atoms. The van der Waals surface area contributed by atoms with Crippen molar-refractivity contribution < 1.29 is 23.8 Å². The summed E-state index contributed by atoms with van der Waals surface area (Å²) in [5, 5.41) is 14.3. The van der Waals surface area contributed by atoms with Gasteiger partial charge in [0.05, 0.1) is 19.6 Å². The van der Waals surface area contributed by atoms with Crippen LogP contribution in [0, 0.1) is 5.82 Å². The number of nitrogens with one attached hydrogen (secondary N) is 2. The maximum Gasteiger partial charge on any atom is 0.305 e. The standard InChI is InChI=1S/C20H18FN3O5/c1-29-13-8-6-12(7-9-13)15(11-19(26)27)22-20(28)16-10-18(25)24(23-16)17-5-3-2-4-14(17)21/h2-10,15,23H,11H2,1H3,(H,22,28)(H,26,27)/t15-/m0/s1. The molecule has 0 aliphatic heterocycles. The lowest BCUT2D eigenvalue weighted by Gasteiger charge is -2.17. The lowest BCUT2D eigenvalue weighted by atomic mass is 10.0. The van der Waals surface area contributed by atoms with E-state index in [1.165, 1.54) is 25.3 Å². The molecular weight excluding hydrogens is 381 g/mol. The Hall–Kier alpha value is -3.88. The summed E-state index contributed by atoms with van der Waals surface area (Å²) in [6.07, 6.45) is -0.365. The molecule has 0 aliphatic rings. The molecule has 0 spiro atoms. The maximum absolute atomic E-state index is 13.9. The van der Waals surface area contributed by atoms with Crippen LogP contribution >= 0.6 is 0 Å². The number of hydrogen-bond acceptors (Lipinski definition) is 4. The van der Waals surface area contributed by atoms with Crippen LogP contribution in [0.2, 0.25) is 0 Å². The van der Waals surface area contributed by atoms with Gasteiger partial charge in [0.1, 0.15) is 22.9 Å². The average Bonchev–Trinajstić information content (AvgIpc) is 3.09. The number of aromatic amines is 1. The molecule has 150 valence electrons. The van der Waals surface area contributed by atoms with Crippen LogP contribution in [0.4, 0.5) is 4.39 Å². The highest BCUT2D eigenvalue weighted by molar-refractivity contribution is 5.92. The van der Waals surface area contributed by atoms with E-state index in [0.29, 0.717) is 11.3 Å². The molecule has 0 aliphatic carbocycles. The number of methoxy groups -OCH3 is 1. The molecule has 0 fully saturated rings. The maximum atomic E-state index is 13.9. The fourth-order valence-electron chi connectivity index (χ4n) is 2.82. The Morgan fingerprint density at radius 3 is 2.52 bits per heavy atom. The first-order chi connectivity index (χ1) is 13.9. The van der Waals surface area contributed by atoms with Gasteiger partial charge in [0.15, 0.2) is 0 Å². The van der Waals surface area contributed by atoms with E-state index in [1.807, 2.05) is 0 Å². The third-order valence-corrected chi connectivity index (χ3v) is 4.26. The lowest BCUT2D eigenvalue weighted by Crippen LogP contribution is -2.30. The van der Waals surface area contributed by atoms with E-state index in [1.54, 1.807) is 30.3 Å². The zero-order valence-electron chi connectivity index (χ0n) is 15.4. The minimum atomic E-state index is -1.11. The van der Waals surface area contributed by atoms with E-state index >= 15 is 0 Å². The molecule has 0 bridgehead atoms. The Morgan fingerprint density at radius 1 is 1.21 bits per heavy atom. The number of aromatic nitrogens is 2. The molecule has 8 nitrogen and oxygen atoms in total. The molecule has 0 saturated heterocycles. The van der Waals surface area contributed by atoms with Gasteiger partial charge in [-0.15, -0.1) is 0 Å². The summed E-state index contributed by atoms with van der Waals surface area (Å²) < 4.78 is 19.9.